The molecule has 0 aliphatic heterocycles. The maximum Gasteiger partial charge on any atom is 0.362 e. The molecule has 37 heavy (non-hydrogen) atoms. The molecule has 4 aromatic rings. The Morgan fingerprint density at radius 1 is 0.595 bits per heavy atom. The van der Waals surface area contributed by atoms with Gasteiger partial charge >= 0.3 is 13.8 Å². The molecular weight excluding hydrogens is 476 g/mol. The average molecular weight is 502 g/mol. The summed E-state index contributed by atoms with van der Waals surface area (Å²) in [5, 5.41) is 21.4. The van der Waals surface area contributed by atoms with Gasteiger partial charge in [0.15, 0.2) is 0 Å². The summed E-state index contributed by atoms with van der Waals surface area (Å²) in [6.45, 7) is -1.35. The van der Waals surface area contributed by atoms with E-state index in [9.17, 15) is 18.8 Å². The second-order valence-electron chi connectivity index (χ2n) is 8.55. The van der Waals surface area contributed by atoms with Gasteiger partial charge in [-0.15, -0.1) is 0 Å². The fraction of sp³-hybridized carbons (Fsp3) is 0.143. The van der Waals surface area contributed by atoms with Crippen molar-refractivity contribution in [1.82, 2.24) is 0 Å². The van der Waals surface area contributed by atoms with Gasteiger partial charge in [0.2, 0.25) is 0 Å². The van der Waals surface area contributed by atoms with E-state index in [2.05, 4.69) is 0 Å². The predicted molar refractivity (Wildman–Crippen MR) is 142 cm³/mol. The summed E-state index contributed by atoms with van der Waals surface area (Å²) < 4.78 is 43.6. The van der Waals surface area contributed by atoms with Gasteiger partial charge < -0.3 is 24.3 Å². The molecule has 0 bridgehead atoms. The molecule has 4 aromatic carbocycles. The fourth-order valence-electron chi connectivity index (χ4n) is 4.08. The summed E-state index contributed by atoms with van der Waals surface area (Å²) in [6, 6.07) is 22.5. The Morgan fingerprint density at radius 3 is 1.32 bits per heavy atom. The Kier molecular flexibility index (Phi) is 8.61. The van der Waals surface area contributed by atoms with E-state index in [1.54, 1.807) is 24.3 Å². The normalized spacial score (nSPS) is 10.8. The molecule has 5 nitrogen and oxygen atoms in total. The van der Waals surface area contributed by atoms with Gasteiger partial charge in [-0.05, 0) is 58.5 Å². The Hall–Kier alpha value is -3.65. The minimum atomic E-state index is -1.03. The van der Waals surface area contributed by atoms with Crippen LogP contribution in [0.1, 0.15) is 11.1 Å². The van der Waals surface area contributed by atoms with Crippen LogP contribution in [0.4, 0.5) is 8.78 Å². The van der Waals surface area contributed by atoms with Crippen LogP contribution in [0.2, 0.25) is 0 Å². The molecule has 0 aliphatic rings. The molecule has 0 saturated carbocycles. The monoisotopic (exact) mass is 502 g/mol. The average Bonchev–Trinajstić information content (AvgIpc) is 2.93. The third-order valence-electron chi connectivity index (χ3n) is 6.10. The summed E-state index contributed by atoms with van der Waals surface area (Å²) in [4.78, 5) is 0. The van der Waals surface area contributed by atoms with Gasteiger partial charge in [-0.25, -0.2) is 8.78 Å². The van der Waals surface area contributed by atoms with Gasteiger partial charge in [-0.2, -0.15) is 0 Å². The van der Waals surface area contributed by atoms with Crippen LogP contribution in [0.25, 0.3) is 0 Å². The van der Waals surface area contributed by atoms with E-state index in [1.165, 1.54) is 50.6 Å². The van der Waals surface area contributed by atoms with Crippen molar-refractivity contribution < 1.29 is 33.0 Å². The van der Waals surface area contributed by atoms with Crippen LogP contribution >= 0.6 is 0 Å². The van der Waals surface area contributed by atoms with E-state index >= 15 is 0 Å². The van der Waals surface area contributed by atoms with Crippen molar-refractivity contribution in [1.29, 1.82) is 0 Å². The van der Waals surface area contributed by atoms with Crippen molar-refractivity contribution in [2.45, 2.75) is 13.2 Å². The molecule has 0 heterocycles. The highest BCUT2D eigenvalue weighted by Gasteiger charge is 2.23. The van der Waals surface area contributed by atoms with Crippen LogP contribution in [0, 0.1) is 11.6 Å². The fourth-order valence-corrected chi connectivity index (χ4v) is 4.08. The predicted octanol–water partition coefficient (Wildman–Crippen LogP) is 1.89. The first-order chi connectivity index (χ1) is 17.9. The lowest BCUT2D eigenvalue weighted by molar-refractivity contribution is 0.107. The van der Waals surface area contributed by atoms with Gasteiger partial charge in [-0.3, -0.25) is 0 Å². The first-order valence-electron chi connectivity index (χ1n) is 11.7. The van der Waals surface area contributed by atoms with Gasteiger partial charge in [0, 0.05) is 10.9 Å². The second-order valence-corrected chi connectivity index (χ2v) is 8.55. The van der Waals surface area contributed by atoms with E-state index in [0.29, 0.717) is 46.6 Å². The number of benzene rings is 4. The summed E-state index contributed by atoms with van der Waals surface area (Å²) in [5.41, 5.74) is 3.75. The van der Waals surface area contributed by atoms with Crippen LogP contribution in [0.15, 0.2) is 84.9 Å². The highest BCUT2D eigenvalue weighted by Crippen LogP contribution is 2.12. The van der Waals surface area contributed by atoms with Crippen molar-refractivity contribution in [2.24, 2.45) is 0 Å². The zero-order valence-corrected chi connectivity index (χ0v) is 20.5. The number of ether oxygens (including phenoxy) is 3. The van der Waals surface area contributed by atoms with Crippen molar-refractivity contribution in [3.63, 3.8) is 0 Å². The topological polar surface area (TPSA) is 68.2 Å². The molecule has 0 aromatic heterocycles. The summed E-state index contributed by atoms with van der Waals surface area (Å²) in [5.74, 6) is -0.0722. The third-order valence-corrected chi connectivity index (χ3v) is 6.10. The largest absolute Gasteiger partial charge is 0.497 e. The number of hydrogen-bond acceptors (Lipinski definition) is 5. The highest BCUT2D eigenvalue weighted by atomic mass is 19.1. The summed E-state index contributed by atoms with van der Waals surface area (Å²) >= 11 is 0. The van der Waals surface area contributed by atoms with E-state index in [1.807, 2.05) is 24.3 Å². The number of rotatable bonds is 10. The lowest BCUT2D eigenvalue weighted by Crippen LogP contribution is -2.43. The minimum absolute atomic E-state index is 0.352. The maximum atomic E-state index is 13.7. The number of methoxy groups -OCH3 is 2. The standard InChI is InChI=1S/C28H26B2F2O5/c1-35-27-13-11-23(31)15-25(27)29(33)21-7-3-19(4-8-21)17-37-18-20-5-9-22(10-6-20)30(34)26-16-24(32)12-14-28(26)36-2/h3-16,33-34H,17-18H2,1-2H3. The molecule has 0 amide bonds. The molecular formula is C28H26B2F2O5. The Balaban J connectivity index is 1.34. The smallest absolute Gasteiger partial charge is 0.362 e. The van der Waals surface area contributed by atoms with E-state index in [0.717, 1.165) is 11.1 Å². The Bertz CT molecular complexity index is 1230. The van der Waals surface area contributed by atoms with Crippen LogP contribution in [0.3, 0.4) is 0 Å². The van der Waals surface area contributed by atoms with E-state index in [-0.39, 0.29) is 0 Å². The third kappa shape index (κ3) is 6.38. The van der Waals surface area contributed by atoms with Crippen LogP contribution in [-0.2, 0) is 18.0 Å². The van der Waals surface area contributed by atoms with Gasteiger partial charge in [0.25, 0.3) is 0 Å². The zero-order chi connectivity index (χ0) is 26.4. The van der Waals surface area contributed by atoms with Crippen LogP contribution < -0.4 is 31.3 Å². The Morgan fingerprint density at radius 2 is 0.973 bits per heavy atom. The van der Waals surface area contributed by atoms with Crippen molar-refractivity contribution in [3.05, 3.63) is 108 Å². The second kappa shape index (κ2) is 12.1. The molecule has 0 fully saturated rings. The van der Waals surface area contributed by atoms with Crippen molar-refractivity contribution in [2.75, 3.05) is 14.2 Å². The molecule has 4 rings (SSSR count). The maximum absolute atomic E-state index is 13.7. The molecule has 0 spiro atoms. The van der Waals surface area contributed by atoms with Crippen LogP contribution in [-0.4, -0.2) is 38.1 Å². The lowest BCUT2D eigenvalue weighted by atomic mass is 9.55. The molecule has 188 valence electrons. The van der Waals surface area contributed by atoms with E-state index in [4.69, 9.17) is 14.2 Å². The van der Waals surface area contributed by atoms with E-state index < -0.39 is 25.5 Å². The van der Waals surface area contributed by atoms with Crippen LogP contribution in [0.5, 0.6) is 11.5 Å². The molecule has 0 unspecified atom stereocenters. The molecule has 0 radical (unpaired) electrons. The number of halogens is 2. The minimum Gasteiger partial charge on any atom is -0.497 e. The highest BCUT2D eigenvalue weighted by molar-refractivity contribution is 6.80. The molecule has 0 saturated heterocycles. The quantitative estimate of drug-likeness (QED) is 0.325. The molecule has 2 N–H and O–H groups in total. The summed E-state index contributed by atoms with van der Waals surface area (Å²) in [7, 11) is 2.95. The van der Waals surface area contributed by atoms with Gasteiger partial charge in [0.05, 0.1) is 27.4 Å². The number of hydrogen-bond donors (Lipinski definition) is 2. The van der Waals surface area contributed by atoms with Gasteiger partial charge in [0.1, 0.15) is 23.1 Å². The molecule has 0 atom stereocenters. The Labute approximate surface area is 215 Å². The van der Waals surface area contributed by atoms with Crippen molar-refractivity contribution >= 4 is 35.7 Å². The molecule has 0 aliphatic carbocycles. The first-order valence-corrected chi connectivity index (χ1v) is 11.7. The molecule has 9 heteroatoms. The summed E-state index contributed by atoms with van der Waals surface area (Å²) in [6.07, 6.45) is 0. The van der Waals surface area contributed by atoms with Gasteiger partial charge in [-0.1, -0.05) is 48.5 Å². The van der Waals surface area contributed by atoms with Crippen molar-refractivity contribution in [3.8, 4) is 11.5 Å². The SMILES string of the molecule is COc1ccc(F)cc1B(O)c1ccc(COCc2ccc(B(O)c3cc(F)ccc3OC)cc2)cc1. The first kappa shape index (κ1) is 26.4. The lowest BCUT2D eigenvalue weighted by Gasteiger charge is -2.13. The zero-order valence-electron chi connectivity index (χ0n) is 20.5.